The van der Waals surface area contributed by atoms with Crippen LogP contribution in [0.1, 0.15) is 25.7 Å². The Balaban J connectivity index is 0.00000162. The molecule has 4 nitrogen and oxygen atoms in total. The quantitative estimate of drug-likeness (QED) is 0.879. The van der Waals surface area contributed by atoms with Crippen molar-refractivity contribution in [2.24, 2.45) is 11.7 Å². The molecule has 1 fully saturated rings. The van der Waals surface area contributed by atoms with Crippen molar-refractivity contribution in [1.82, 2.24) is 4.98 Å². The van der Waals surface area contributed by atoms with E-state index in [1.54, 1.807) is 18.5 Å². The minimum atomic E-state index is 0. The molecule has 0 spiro atoms. The number of amides is 1. The van der Waals surface area contributed by atoms with Crippen LogP contribution in [0.25, 0.3) is 0 Å². The van der Waals surface area contributed by atoms with Gasteiger partial charge >= 0.3 is 0 Å². The van der Waals surface area contributed by atoms with Crippen LogP contribution < -0.4 is 11.1 Å². The molecule has 3 N–H and O–H groups in total. The number of aromatic nitrogens is 1. The fourth-order valence-corrected chi connectivity index (χ4v) is 2.24. The first kappa shape index (κ1) is 15.2. The van der Waals surface area contributed by atoms with Crippen LogP contribution in [0.3, 0.4) is 0 Å². The minimum Gasteiger partial charge on any atom is -0.328 e. The summed E-state index contributed by atoms with van der Waals surface area (Å²) in [5, 5.41) is 3.34. The molecule has 2 rings (SSSR count). The second-order valence-electron chi connectivity index (χ2n) is 4.46. The zero-order chi connectivity index (χ0) is 12.3. The summed E-state index contributed by atoms with van der Waals surface area (Å²) in [6.07, 6.45) is 6.69. The van der Waals surface area contributed by atoms with Crippen LogP contribution in [0.15, 0.2) is 18.5 Å². The molecule has 1 aromatic rings. The fourth-order valence-electron chi connectivity index (χ4n) is 2.09. The molecule has 0 atom stereocenters. The Hall–Kier alpha value is -0.840. The Kier molecular flexibility index (Phi) is 5.85. The Morgan fingerprint density at radius 3 is 2.67 bits per heavy atom. The lowest BCUT2D eigenvalue weighted by molar-refractivity contribution is -0.120. The van der Waals surface area contributed by atoms with Crippen molar-refractivity contribution in [3.63, 3.8) is 0 Å². The van der Waals surface area contributed by atoms with Gasteiger partial charge in [-0.1, -0.05) is 11.6 Å². The number of rotatable bonds is 2. The monoisotopic (exact) mass is 289 g/mol. The maximum atomic E-state index is 12.0. The van der Waals surface area contributed by atoms with Gasteiger partial charge in [-0.15, -0.1) is 12.4 Å². The minimum absolute atomic E-state index is 0. The molecule has 0 bridgehead atoms. The molecular formula is C12H17Cl2N3O. The molecule has 1 aliphatic carbocycles. The molecule has 18 heavy (non-hydrogen) atoms. The van der Waals surface area contributed by atoms with Crippen molar-refractivity contribution in [2.75, 3.05) is 5.32 Å². The molecule has 100 valence electrons. The first-order valence-corrected chi connectivity index (χ1v) is 6.20. The highest BCUT2D eigenvalue weighted by Gasteiger charge is 2.24. The zero-order valence-electron chi connectivity index (χ0n) is 9.93. The molecule has 0 unspecified atom stereocenters. The molecule has 0 aliphatic heterocycles. The summed E-state index contributed by atoms with van der Waals surface area (Å²) in [7, 11) is 0. The van der Waals surface area contributed by atoms with Gasteiger partial charge in [0.2, 0.25) is 5.91 Å². The third-order valence-corrected chi connectivity index (χ3v) is 3.50. The van der Waals surface area contributed by atoms with Gasteiger partial charge in [-0.05, 0) is 31.7 Å². The third-order valence-electron chi connectivity index (χ3n) is 3.17. The number of nitrogens with two attached hydrogens (primary N) is 1. The van der Waals surface area contributed by atoms with Crippen LogP contribution >= 0.6 is 24.0 Å². The maximum Gasteiger partial charge on any atom is 0.227 e. The van der Waals surface area contributed by atoms with Gasteiger partial charge < -0.3 is 11.1 Å². The summed E-state index contributed by atoms with van der Waals surface area (Å²) < 4.78 is 0. The molecule has 0 aromatic carbocycles. The van der Waals surface area contributed by atoms with E-state index in [-0.39, 0.29) is 30.3 Å². The van der Waals surface area contributed by atoms with E-state index in [0.717, 1.165) is 25.7 Å². The topological polar surface area (TPSA) is 68.0 Å². The van der Waals surface area contributed by atoms with Crippen LogP contribution in [-0.4, -0.2) is 16.9 Å². The van der Waals surface area contributed by atoms with Crippen molar-refractivity contribution in [2.45, 2.75) is 31.7 Å². The largest absolute Gasteiger partial charge is 0.328 e. The van der Waals surface area contributed by atoms with Crippen molar-refractivity contribution in [3.8, 4) is 0 Å². The number of pyridine rings is 1. The summed E-state index contributed by atoms with van der Waals surface area (Å²) in [6, 6.07) is 1.91. The average molecular weight is 290 g/mol. The third kappa shape index (κ3) is 3.83. The maximum absolute atomic E-state index is 12.0. The van der Waals surface area contributed by atoms with Gasteiger partial charge in [0.25, 0.3) is 0 Å². The predicted molar refractivity (Wildman–Crippen MR) is 75.1 cm³/mol. The number of carbonyl (C=O) groups excluding carboxylic acids is 1. The lowest BCUT2D eigenvalue weighted by Gasteiger charge is -2.25. The second kappa shape index (κ2) is 6.92. The number of hydrogen-bond donors (Lipinski definition) is 2. The lowest BCUT2D eigenvalue weighted by atomic mass is 9.86. The number of hydrogen-bond acceptors (Lipinski definition) is 3. The van der Waals surface area contributed by atoms with Gasteiger partial charge in [0.05, 0.1) is 16.9 Å². The van der Waals surface area contributed by atoms with Crippen LogP contribution in [0.4, 0.5) is 5.69 Å². The Morgan fingerprint density at radius 1 is 1.39 bits per heavy atom. The molecular weight excluding hydrogens is 273 g/mol. The Bertz CT molecular complexity index is 406. The second-order valence-corrected chi connectivity index (χ2v) is 4.86. The zero-order valence-corrected chi connectivity index (χ0v) is 11.5. The molecule has 1 heterocycles. The van der Waals surface area contributed by atoms with E-state index in [2.05, 4.69) is 10.3 Å². The van der Waals surface area contributed by atoms with Crippen molar-refractivity contribution in [3.05, 3.63) is 23.5 Å². The highest BCUT2D eigenvalue weighted by atomic mass is 35.5. The van der Waals surface area contributed by atoms with Gasteiger partial charge in [-0.3, -0.25) is 9.78 Å². The summed E-state index contributed by atoms with van der Waals surface area (Å²) in [4.78, 5) is 15.9. The molecule has 1 saturated carbocycles. The first-order valence-electron chi connectivity index (χ1n) is 5.83. The fraction of sp³-hybridized carbons (Fsp3) is 0.500. The van der Waals surface area contributed by atoms with E-state index in [1.807, 2.05) is 0 Å². The SMILES string of the molecule is Cl.N[C@H]1CC[C@H](C(=O)Nc2cnccc2Cl)CC1. The van der Waals surface area contributed by atoms with Gasteiger partial charge in [-0.25, -0.2) is 0 Å². The van der Waals surface area contributed by atoms with Crippen LogP contribution in [-0.2, 0) is 4.79 Å². The Morgan fingerprint density at radius 2 is 2.06 bits per heavy atom. The average Bonchev–Trinajstić information content (AvgIpc) is 2.33. The molecule has 6 heteroatoms. The molecule has 1 amide bonds. The summed E-state index contributed by atoms with van der Waals surface area (Å²) in [6.45, 7) is 0. The Labute approximate surface area is 118 Å². The van der Waals surface area contributed by atoms with Crippen molar-refractivity contribution in [1.29, 1.82) is 0 Å². The van der Waals surface area contributed by atoms with E-state index < -0.39 is 0 Å². The van der Waals surface area contributed by atoms with Crippen LogP contribution in [0, 0.1) is 5.92 Å². The van der Waals surface area contributed by atoms with Gasteiger partial charge in [0.15, 0.2) is 0 Å². The highest BCUT2D eigenvalue weighted by Crippen LogP contribution is 2.26. The van der Waals surface area contributed by atoms with E-state index in [9.17, 15) is 4.79 Å². The van der Waals surface area contributed by atoms with E-state index >= 15 is 0 Å². The van der Waals surface area contributed by atoms with Crippen LogP contribution in [0.5, 0.6) is 0 Å². The van der Waals surface area contributed by atoms with Gasteiger partial charge in [0.1, 0.15) is 0 Å². The van der Waals surface area contributed by atoms with Gasteiger partial charge in [-0.2, -0.15) is 0 Å². The molecule has 0 radical (unpaired) electrons. The molecule has 1 aromatic heterocycles. The van der Waals surface area contributed by atoms with E-state index in [1.165, 1.54) is 0 Å². The van der Waals surface area contributed by atoms with Crippen LogP contribution in [0.2, 0.25) is 5.02 Å². The molecule has 1 aliphatic rings. The smallest absolute Gasteiger partial charge is 0.227 e. The van der Waals surface area contributed by atoms with E-state index in [4.69, 9.17) is 17.3 Å². The normalized spacial score (nSPS) is 23.0. The number of nitrogens with one attached hydrogen (secondary N) is 1. The number of carbonyl (C=O) groups is 1. The summed E-state index contributed by atoms with van der Waals surface area (Å²) >= 11 is 5.96. The van der Waals surface area contributed by atoms with Crippen molar-refractivity contribution < 1.29 is 4.79 Å². The number of anilines is 1. The van der Waals surface area contributed by atoms with Gasteiger partial charge in [0, 0.05) is 18.2 Å². The lowest BCUT2D eigenvalue weighted by Crippen LogP contribution is -2.32. The predicted octanol–water partition coefficient (Wildman–Crippen LogP) is 2.61. The number of halogens is 2. The standard InChI is InChI=1S/C12H16ClN3O.ClH/c13-10-5-6-15-7-11(10)16-12(17)8-1-3-9(14)4-2-8;/h5-9H,1-4,14H2,(H,16,17);1H/t8-,9-;. The first-order chi connectivity index (χ1) is 8.16. The summed E-state index contributed by atoms with van der Waals surface area (Å²) in [5.41, 5.74) is 6.39. The number of nitrogens with zero attached hydrogens (tertiary/aromatic N) is 1. The van der Waals surface area contributed by atoms with E-state index in [0.29, 0.717) is 10.7 Å². The highest BCUT2D eigenvalue weighted by molar-refractivity contribution is 6.33. The molecule has 0 saturated heterocycles. The van der Waals surface area contributed by atoms with Crippen molar-refractivity contribution >= 4 is 35.6 Å². The summed E-state index contributed by atoms with van der Waals surface area (Å²) in [5.74, 6) is 0.0675.